The molecule has 2 aromatic rings. The van der Waals surface area contributed by atoms with Crippen molar-refractivity contribution in [3.63, 3.8) is 0 Å². The molecule has 1 aliphatic rings. The lowest BCUT2D eigenvalue weighted by molar-refractivity contribution is -0.0500. The fraction of sp³-hybridized carbons (Fsp3) is 0.500. The SMILES string of the molecule is Nc1nc2c(=O)[nH]c(=O)[nH]c2n1[C@@H]1O[C@H](CO)[C@H](O)[C@@H]1O. The van der Waals surface area contributed by atoms with Crippen LogP contribution in [0.3, 0.4) is 0 Å². The quantitative estimate of drug-likeness (QED) is 0.332. The van der Waals surface area contributed by atoms with E-state index in [-0.39, 0.29) is 17.1 Å². The monoisotopic (exact) mass is 299 g/mol. The highest BCUT2D eigenvalue weighted by molar-refractivity contribution is 5.72. The van der Waals surface area contributed by atoms with Crippen molar-refractivity contribution < 1.29 is 20.1 Å². The third-order valence-electron chi connectivity index (χ3n) is 3.38. The molecule has 1 aliphatic heterocycles. The molecule has 0 unspecified atom stereocenters. The molecule has 114 valence electrons. The standard InChI is InChI=1S/C10H13N5O6/c11-9-12-3-6(13-10(20)14-7(3)19)15(9)8-5(18)4(17)2(1-16)21-8/h2,4-5,8,16-18H,1H2,(H2,11,12)(H2,13,14,19,20)/t2-,4+,5+,8-/m1/s1. The Kier molecular flexibility index (Phi) is 3.06. The van der Waals surface area contributed by atoms with Gasteiger partial charge in [0.15, 0.2) is 17.4 Å². The number of fused-ring (bicyclic) bond motifs is 1. The number of nitrogens with one attached hydrogen (secondary N) is 2. The minimum Gasteiger partial charge on any atom is -0.394 e. The summed E-state index contributed by atoms with van der Waals surface area (Å²) in [5.74, 6) is -0.188. The van der Waals surface area contributed by atoms with Crippen LogP contribution < -0.4 is 17.0 Å². The average molecular weight is 299 g/mol. The fourth-order valence-electron chi connectivity index (χ4n) is 2.38. The smallest absolute Gasteiger partial charge is 0.327 e. The average Bonchev–Trinajstić information content (AvgIpc) is 2.89. The molecule has 1 fully saturated rings. The first-order valence-corrected chi connectivity index (χ1v) is 6.06. The van der Waals surface area contributed by atoms with E-state index in [4.69, 9.17) is 15.6 Å². The molecular weight excluding hydrogens is 286 g/mol. The number of anilines is 1. The Labute approximate surface area is 115 Å². The molecule has 0 aliphatic carbocycles. The van der Waals surface area contributed by atoms with Gasteiger partial charge >= 0.3 is 5.69 Å². The van der Waals surface area contributed by atoms with Crippen LogP contribution in [-0.2, 0) is 4.74 Å². The first kappa shape index (κ1) is 13.8. The molecule has 3 heterocycles. The topological polar surface area (TPSA) is 179 Å². The Bertz CT molecular complexity index is 793. The third-order valence-corrected chi connectivity index (χ3v) is 3.38. The number of rotatable bonds is 2. The Hall–Kier alpha value is -2.21. The van der Waals surface area contributed by atoms with E-state index in [1.54, 1.807) is 0 Å². The van der Waals surface area contributed by atoms with E-state index in [0.717, 1.165) is 4.57 Å². The number of aliphatic hydroxyl groups excluding tert-OH is 3. The minimum absolute atomic E-state index is 0.0453. The fourth-order valence-corrected chi connectivity index (χ4v) is 2.38. The second kappa shape index (κ2) is 4.66. The van der Waals surface area contributed by atoms with Crippen molar-refractivity contribution in [2.24, 2.45) is 0 Å². The molecule has 0 radical (unpaired) electrons. The summed E-state index contributed by atoms with van der Waals surface area (Å²) < 4.78 is 6.40. The lowest BCUT2D eigenvalue weighted by Gasteiger charge is -2.17. The molecule has 4 atom stereocenters. The molecule has 7 N–H and O–H groups in total. The number of nitrogens with two attached hydrogens (primary N) is 1. The molecule has 0 saturated carbocycles. The van der Waals surface area contributed by atoms with Gasteiger partial charge in [0.2, 0.25) is 5.95 Å². The van der Waals surface area contributed by atoms with Crippen LogP contribution in [0.15, 0.2) is 9.59 Å². The van der Waals surface area contributed by atoms with Crippen LogP contribution in [0.1, 0.15) is 6.23 Å². The molecule has 0 spiro atoms. The van der Waals surface area contributed by atoms with Crippen molar-refractivity contribution in [1.82, 2.24) is 19.5 Å². The molecule has 11 heteroatoms. The summed E-state index contributed by atoms with van der Waals surface area (Å²) in [7, 11) is 0. The summed E-state index contributed by atoms with van der Waals surface area (Å²) in [5, 5.41) is 28.8. The molecule has 3 rings (SSSR count). The van der Waals surface area contributed by atoms with Crippen LogP contribution in [0, 0.1) is 0 Å². The predicted molar refractivity (Wildman–Crippen MR) is 68.4 cm³/mol. The maximum absolute atomic E-state index is 11.6. The molecule has 2 aromatic heterocycles. The Morgan fingerprint density at radius 1 is 1.29 bits per heavy atom. The number of H-pyrrole nitrogens is 2. The van der Waals surface area contributed by atoms with Gasteiger partial charge in [0.05, 0.1) is 6.61 Å². The first-order valence-electron chi connectivity index (χ1n) is 6.06. The number of nitrogen functional groups attached to an aromatic ring is 1. The van der Waals surface area contributed by atoms with Crippen molar-refractivity contribution in [3.8, 4) is 0 Å². The molecule has 1 saturated heterocycles. The van der Waals surface area contributed by atoms with E-state index in [1.807, 2.05) is 4.98 Å². The summed E-state index contributed by atoms with van der Waals surface area (Å²) in [6.45, 7) is -0.516. The number of imidazole rings is 1. The van der Waals surface area contributed by atoms with Gasteiger partial charge in [-0.3, -0.25) is 19.3 Å². The highest BCUT2D eigenvalue weighted by Crippen LogP contribution is 2.32. The van der Waals surface area contributed by atoms with Gasteiger partial charge in [-0.15, -0.1) is 0 Å². The molecule has 0 aromatic carbocycles. The van der Waals surface area contributed by atoms with Gasteiger partial charge in [-0.1, -0.05) is 0 Å². The van der Waals surface area contributed by atoms with Gasteiger partial charge in [-0.2, -0.15) is 0 Å². The van der Waals surface area contributed by atoms with Gasteiger partial charge in [-0.05, 0) is 0 Å². The number of hydrogen-bond donors (Lipinski definition) is 6. The number of aliphatic hydroxyl groups is 3. The maximum Gasteiger partial charge on any atom is 0.327 e. The highest BCUT2D eigenvalue weighted by atomic mass is 16.6. The van der Waals surface area contributed by atoms with Crippen LogP contribution in [0.5, 0.6) is 0 Å². The summed E-state index contributed by atoms with van der Waals surface area (Å²) in [5.41, 5.74) is 3.99. The second-order valence-electron chi connectivity index (χ2n) is 4.67. The summed E-state index contributed by atoms with van der Waals surface area (Å²) >= 11 is 0. The molecule has 0 amide bonds. The van der Waals surface area contributed by atoms with Crippen molar-refractivity contribution >= 4 is 17.1 Å². The van der Waals surface area contributed by atoms with Crippen molar-refractivity contribution in [2.45, 2.75) is 24.5 Å². The van der Waals surface area contributed by atoms with Gasteiger partial charge in [0.1, 0.15) is 18.3 Å². The van der Waals surface area contributed by atoms with E-state index in [1.165, 1.54) is 0 Å². The van der Waals surface area contributed by atoms with Crippen LogP contribution in [-0.4, -0.2) is 59.8 Å². The van der Waals surface area contributed by atoms with E-state index in [0.29, 0.717) is 0 Å². The molecule has 11 nitrogen and oxygen atoms in total. The summed E-state index contributed by atoms with van der Waals surface area (Å²) in [4.78, 5) is 31.1. The molecule has 21 heavy (non-hydrogen) atoms. The lowest BCUT2D eigenvalue weighted by Crippen LogP contribution is -2.33. The predicted octanol–water partition coefficient (Wildman–Crippen LogP) is -3.39. The Morgan fingerprint density at radius 2 is 2.00 bits per heavy atom. The van der Waals surface area contributed by atoms with E-state index >= 15 is 0 Å². The largest absolute Gasteiger partial charge is 0.394 e. The number of ether oxygens (including phenoxy) is 1. The third kappa shape index (κ3) is 1.94. The Balaban J connectivity index is 2.19. The van der Waals surface area contributed by atoms with Crippen LogP contribution >= 0.6 is 0 Å². The van der Waals surface area contributed by atoms with Crippen molar-refractivity contribution in [3.05, 3.63) is 20.8 Å². The van der Waals surface area contributed by atoms with Crippen molar-refractivity contribution in [1.29, 1.82) is 0 Å². The zero-order chi connectivity index (χ0) is 15.3. The molecule has 0 bridgehead atoms. The summed E-state index contributed by atoms with van der Waals surface area (Å²) in [6.07, 6.45) is -4.97. The number of aromatic amines is 2. The van der Waals surface area contributed by atoms with Gasteiger partial charge in [0.25, 0.3) is 5.56 Å². The minimum atomic E-state index is -1.41. The van der Waals surface area contributed by atoms with Crippen molar-refractivity contribution in [2.75, 3.05) is 12.3 Å². The van der Waals surface area contributed by atoms with Crippen LogP contribution in [0.25, 0.3) is 11.2 Å². The van der Waals surface area contributed by atoms with Gasteiger partial charge < -0.3 is 25.8 Å². The van der Waals surface area contributed by atoms with E-state index in [2.05, 4.69) is 9.97 Å². The van der Waals surface area contributed by atoms with E-state index in [9.17, 15) is 19.8 Å². The number of aromatic nitrogens is 4. The first-order chi connectivity index (χ1) is 9.93. The number of hydrogen-bond acceptors (Lipinski definition) is 8. The normalized spacial score (nSPS) is 29.3. The second-order valence-corrected chi connectivity index (χ2v) is 4.67. The maximum atomic E-state index is 11.6. The number of nitrogens with zero attached hydrogens (tertiary/aromatic N) is 2. The highest BCUT2D eigenvalue weighted by Gasteiger charge is 2.44. The van der Waals surface area contributed by atoms with Crippen LogP contribution in [0.2, 0.25) is 0 Å². The van der Waals surface area contributed by atoms with E-state index < -0.39 is 42.4 Å². The summed E-state index contributed by atoms with van der Waals surface area (Å²) in [6, 6.07) is 0. The van der Waals surface area contributed by atoms with Gasteiger partial charge in [0, 0.05) is 0 Å². The lowest BCUT2D eigenvalue weighted by atomic mass is 10.1. The van der Waals surface area contributed by atoms with Gasteiger partial charge in [-0.25, -0.2) is 9.78 Å². The molecular formula is C10H13N5O6. The van der Waals surface area contributed by atoms with Crippen LogP contribution in [0.4, 0.5) is 5.95 Å². The zero-order valence-corrected chi connectivity index (χ0v) is 10.6. The Morgan fingerprint density at radius 3 is 2.62 bits per heavy atom. The zero-order valence-electron chi connectivity index (χ0n) is 10.6.